The van der Waals surface area contributed by atoms with Crippen LogP contribution in [0.15, 0.2) is 24.3 Å². The van der Waals surface area contributed by atoms with Crippen molar-refractivity contribution in [3.05, 3.63) is 29.3 Å². The quantitative estimate of drug-likeness (QED) is 0.898. The predicted octanol–water partition coefficient (Wildman–Crippen LogP) is 3.70. The molecule has 2 atom stereocenters. The van der Waals surface area contributed by atoms with Gasteiger partial charge in [0.2, 0.25) is 0 Å². The average Bonchev–Trinajstić information content (AvgIpc) is 2.39. The Morgan fingerprint density at radius 3 is 2.72 bits per heavy atom. The van der Waals surface area contributed by atoms with Crippen LogP contribution >= 0.6 is 11.6 Å². The lowest BCUT2D eigenvalue weighted by atomic mass is 9.92. The molecule has 1 N–H and O–H groups in total. The van der Waals surface area contributed by atoms with E-state index in [9.17, 15) is 0 Å². The summed E-state index contributed by atoms with van der Waals surface area (Å²) in [5.41, 5.74) is 1.36. The number of piperazine rings is 1. The van der Waals surface area contributed by atoms with Crippen LogP contribution in [0, 0.1) is 0 Å². The summed E-state index contributed by atoms with van der Waals surface area (Å²) in [6.45, 7) is 8.83. The van der Waals surface area contributed by atoms with Gasteiger partial charge in [-0.2, -0.15) is 0 Å². The van der Waals surface area contributed by atoms with Gasteiger partial charge in [0.05, 0.1) is 10.7 Å². The Labute approximate surface area is 115 Å². The molecule has 1 aromatic rings. The minimum atomic E-state index is 0.185. The van der Waals surface area contributed by atoms with Gasteiger partial charge in [-0.25, -0.2) is 0 Å². The molecule has 1 fully saturated rings. The van der Waals surface area contributed by atoms with Crippen LogP contribution in [-0.2, 0) is 0 Å². The second-order valence-electron chi connectivity index (χ2n) is 5.44. The largest absolute Gasteiger partial charge is 0.364 e. The molecular weight excluding hydrogens is 244 g/mol. The van der Waals surface area contributed by atoms with Gasteiger partial charge >= 0.3 is 0 Å². The van der Waals surface area contributed by atoms with E-state index in [1.54, 1.807) is 0 Å². The topological polar surface area (TPSA) is 15.3 Å². The number of para-hydroxylation sites is 1. The van der Waals surface area contributed by atoms with Crippen molar-refractivity contribution in [1.29, 1.82) is 0 Å². The normalized spacial score (nSPS) is 28.4. The van der Waals surface area contributed by atoms with Crippen molar-refractivity contribution < 1.29 is 0 Å². The third kappa shape index (κ3) is 2.65. The van der Waals surface area contributed by atoms with E-state index < -0.39 is 0 Å². The highest BCUT2D eigenvalue weighted by Gasteiger charge is 2.34. The molecule has 0 amide bonds. The zero-order valence-electron chi connectivity index (χ0n) is 11.5. The highest BCUT2D eigenvalue weighted by Crippen LogP contribution is 2.31. The van der Waals surface area contributed by atoms with Crippen LogP contribution < -0.4 is 10.2 Å². The van der Waals surface area contributed by atoms with E-state index in [-0.39, 0.29) is 5.54 Å². The first-order chi connectivity index (χ1) is 8.59. The summed E-state index contributed by atoms with van der Waals surface area (Å²) in [6, 6.07) is 8.71. The lowest BCUT2D eigenvalue weighted by Crippen LogP contribution is -2.62. The van der Waals surface area contributed by atoms with Gasteiger partial charge in [0.15, 0.2) is 0 Å². The number of nitrogens with zero attached hydrogens (tertiary/aromatic N) is 1. The Balaban J connectivity index is 2.29. The molecule has 18 heavy (non-hydrogen) atoms. The van der Waals surface area contributed by atoms with Gasteiger partial charge in [-0.05, 0) is 31.9 Å². The molecular formula is C15H23ClN2. The third-order valence-electron chi connectivity index (χ3n) is 4.14. The molecule has 2 nitrogen and oxygen atoms in total. The smallest absolute Gasteiger partial charge is 0.0639 e. The second kappa shape index (κ2) is 5.50. The van der Waals surface area contributed by atoms with Crippen molar-refractivity contribution in [2.75, 3.05) is 18.0 Å². The molecule has 1 aromatic carbocycles. The SMILES string of the molecule is CCC1CNC(C)(CC)CN1c1ccccc1Cl. The Morgan fingerprint density at radius 2 is 2.11 bits per heavy atom. The molecule has 1 heterocycles. The lowest BCUT2D eigenvalue weighted by molar-refractivity contribution is 0.276. The minimum Gasteiger partial charge on any atom is -0.364 e. The molecule has 1 aliphatic rings. The molecule has 0 aliphatic carbocycles. The number of nitrogens with one attached hydrogen (secondary N) is 1. The van der Waals surface area contributed by atoms with Crippen LogP contribution in [0.1, 0.15) is 33.6 Å². The van der Waals surface area contributed by atoms with E-state index >= 15 is 0 Å². The molecule has 0 saturated carbocycles. The molecule has 100 valence electrons. The summed E-state index contributed by atoms with van der Waals surface area (Å²) < 4.78 is 0. The van der Waals surface area contributed by atoms with Crippen molar-refractivity contribution in [2.24, 2.45) is 0 Å². The Kier molecular flexibility index (Phi) is 4.18. The van der Waals surface area contributed by atoms with E-state index in [2.05, 4.69) is 43.1 Å². The zero-order valence-corrected chi connectivity index (χ0v) is 12.3. The molecule has 2 unspecified atom stereocenters. The number of rotatable bonds is 3. The Morgan fingerprint density at radius 1 is 1.39 bits per heavy atom. The first-order valence-corrected chi connectivity index (χ1v) is 7.23. The van der Waals surface area contributed by atoms with E-state index in [4.69, 9.17) is 11.6 Å². The molecule has 0 radical (unpaired) electrons. The highest BCUT2D eigenvalue weighted by atomic mass is 35.5. The van der Waals surface area contributed by atoms with Crippen LogP contribution in [-0.4, -0.2) is 24.7 Å². The van der Waals surface area contributed by atoms with E-state index in [0.29, 0.717) is 6.04 Å². The summed E-state index contributed by atoms with van der Waals surface area (Å²) >= 11 is 6.35. The van der Waals surface area contributed by atoms with Gasteiger partial charge in [0.1, 0.15) is 0 Å². The Bertz CT molecular complexity index is 407. The standard InChI is InChI=1S/C15H23ClN2/c1-4-12-10-17-15(3,5-2)11-18(12)14-9-7-6-8-13(14)16/h6-9,12,17H,4-5,10-11H2,1-3H3. The number of hydrogen-bond acceptors (Lipinski definition) is 2. The number of hydrogen-bond donors (Lipinski definition) is 1. The highest BCUT2D eigenvalue weighted by molar-refractivity contribution is 6.33. The van der Waals surface area contributed by atoms with Crippen molar-refractivity contribution in [3.63, 3.8) is 0 Å². The third-order valence-corrected chi connectivity index (χ3v) is 4.46. The van der Waals surface area contributed by atoms with Crippen molar-refractivity contribution in [2.45, 2.75) is 45.2 Å². The van der Waals surface area contributed by atoms with Crippen LogP contribution in [0.4, 0.5) is 5.69 Å². The fourth-order valence-electron chi connectivity index (χ4n) is 2.60. The molecule has 0 spiro atoms. The first-order valence-electron chi connectivity index (χ1n) is 6.86. The summed E-state index contributed by atoms with van der Waals surface area (Å²) in [7, 11) is 0. The summed E-state index contributed by atoms with van der Waals surface area (Å²) in [6.07, 6.45) is 2.27. The van der Waals surface area contributed by atoms with Gasteiger partial charge in [0, 0.05) is 24.7 Å². The van der Waals surface area contributed by atoms with Gasteiger partial charge < -0.3 is 10.2 Å². The van der Waals surface area contributed by atoms with Gasteiger partial charge in [-0.3, -0.25) is 0 Å². The lowest BCUT2D eigenvalue weighted by Gasteiger charge is -2.47. The fourth-order valence-corrected chi connectivity index (χ4v) is 2.85. The molecule has 1 saturated heterocycles. The van der Waals surface area contributed by atoms with E-state index in [1.807, 2.05) is 12.1 Å². The Hall–Kier alpha value is -0.730. The van der Waals surface area contributed by atoms with Gasteiger partial charge in [-0.15, -0.1) is 0 Å². The molecule has 0 bridgehead atoms. The van der Waals surface area contributed by atoms with Crippen molar-refractivity contribution >= 4 is 17.3 Å². The van der Waals surface area contributed by atoms with Crippen molar-refractivity contribution in [3.8, 4) is 0 Å². The van der Waals surface area contributed by atoms with Crippen LogP contribution in [0.2, 0.25) is 5.02 Å². The van der Waals surface area contributed by atoms with Crippen molar-refractivity contribution in [1.82, 2.24) is 5.32 Å². The predicted molar refractivity (Wildman–Crippen MR) is 79.6 cm³/mol. The summed E-state index contributed by atoms with van der Waals surface area (Å²) in [5, 5.41) is 4.54. The summed E-state index contributed by atoms with van der Waals surface area (Å²) in [4.78, 5) is 2.47. The van der Waals surface area contributed by atoms with Gasteiger partial charge in [0.25, 0.3) is 0 Å². The molecule has 3 heteroatoms. The molecule has 0 aromatic heterocycles. The number of halogens is 1. The first kappa shape index (κ1) is 13.7. The summed E-state index contributed by atoms with van der Waals surface area (Å²) in [5.74, 6) is 0. The minimum absolute atomic E-state index is 0.185. The maximum atomic E-state index is 6.35. The second-order valence-corrected chi connectivity index (χ2v) is 5.84. The number of anilines is 1. The van der Waals surface area contributed by atoms with Crippen LogP contribution in [0.5, 0.6) is 0 Å². The molecule has 1 aliphatic heterocycles. The maximum Gasteiger partial charge on any atom is 0.0639 e. The average molecular weight is 267 g/mol. The van der Waals surface area contributed by atoms with E-state index in [0.717, 1.165) is 31.0 Å². The van der Waals surface area contributed by atoms with Crippen LogP contribution in [0.25, 0.3) is 0 Å². The van der Waals surface area contributed by atoms with Crippen LogP contribution in [0.3, 0.4) is 0 Å². The van der Waals surface area contributed by atoms with E-state index in [1.165, 1.54) is 5.69 Å². The van der Waals surface area contributed by atoms with Gasteiger partial charge in [-0.1, -0.05) is 37.6 Å². The zero-order chi connectivity index (χ0) is 13.2. The number of benzene rings is 1. The fraction of sp³-hybridized carbons (Fsp3) is 0.600. The molecule has 2 rings (SSSR count). The monoisotopic (exact) mass is 266 g/mol. The maximum absolute atomic E-state index is 6.35.